The van der Waals surface area contributed by atoms with Crippen molar-refractivity contribution in [1.29, 1.82) is 0 Å². The van der Waals surface area contributed by atoms with Gasteiger partial charge in [0, 0.05) is 12.5 Å². The van der Waals surface area contributed by atoms with Crippen molar-refractivity contribution in [3.8, 4) is 0 Å². The molecule has 0 radical (unpaired) electrons. The summed E-state index contributed by atoms with van der Waals surface area (Å²) >= 11 is 0. The van der Waals surface area contributed by atoms with Gasteiger partial charge in [0.2, 0.25) is 0 Å². The molecule has 0 saturated heterocycles. The molecule has 1 atom stereocenters. The lowest BCUT2D eigenvalue weighted by Crippen LogP contribution is -2.39. The predicted octanol–water partition coefficient (Wildman–Crippen LogP) is 1.77. The van der Waals surface area contributed by atoms with E-state index in [0.717, 1.165) is 26.2 Å². The van der Waals surface area contributed by atoms with Crippen molar-refractivity contribution in [2.75, 3.05) is 7.11 Å². The Morgan fingerprint density at radius 1 is 1.39 bits per heavy atom. The second-order valence-electron chi connectivity index (χ2n) is 4.04. The fourth-order valence-electron chi connectivity index (χ4n) is 1.51. The first-order chi connectivity index (χ1) is 8.31. The normalized spacial score (nSPS) is 13.8. The van der Waals surface area contributed by atoms with Gasteiger partial charge in [0.05, 0.1) is 7.11 Å². The zero-order valence-corrected chi connectivity index (χ0v) is 9.87. The van der Waals surface area contributed by atoms with Crippen molar-refractivity contribution in [2.45, 2.75) is 13.3 Å². The molecule has 0 bridgehead atoms. The average Bonchev–Trinajstić information content (AvgIpc) is 2.31. The molecule has 1 N–H and O–H groups in total. The van der Waals surface area contributed by atoms with Gasteiger partial charge >= 0.3 is 11.9 Å². The number of carbonyl (C=O) groups is 2. The van der Waals surface area contributed by atoms with E-state index in [4.69, 9.17) is 5.11 Å². The van der Waals surface area contributed by atoms with Gasteiger partial charge in [-0.05, 0) is 18.6 Å². The van der Waals surface area contributed by atoms with Crippen LogP contribution >= 0.6 is 0 Å². The lowest BCUT2D eigenvalue weighted by Gasteiger charge is -2.21. The molecule has 0 fully saturated rings. The van der Waals surface area contributed by atoms with Crippen LogP contribution in [0.25, 0.3) is 0 Å². The molecule has 98 valence electrons. The number of carbonyl (C=O) groups excluding carboxylic acids is 1. The van der Waals surface area contributed by atoms with Gasteiger partial charge in [0.25, 0.3) is 0 Å². The van der Waals surface area contributed by atoms with Gasteiger partial charge in [0.15, 0.2) is 5.41 Å². The van der Waals surface area contributed by atoms with E-state index in [2.05, 4.69) is 4.74 Å². The summed E-state index contributed by atoms with van der Waals surface area (Å²) in [4.78, 5) is 22.6. The van der Waals surface area contributed by atoms with Crippen molar-refractivity contribution in [1.82, 2.24) is 0 Å². The molecule has 0 amide bonds. The smallest absolute Gasteiger partial charge is 0.323 e. The molecule has 1 unspecified atom stereocenters. The Labute approximate surface area is 102 Å². The molecule has 1 aromatic carbocycles. The number of ether oxygens (including phenoxy) is 1. The molecular weight excluding hydrogens is 246 g/mol. The molecular formula is C12H12F2O4. The van der Waals surface area contributed by atoms with Crippen LogP contribution in [-0.4, -0.2) is 24.2 Å². The molecule has 1 aromatic rings. The van der Waals surface area contributed by atoms with E-state index < -0.39 is 35.4 Å². The number of hydrogen-bond donors (Lipinski definition) is 1. The summed E-state index contributed by atoms with van der Waals surface area (Å²) in [5, 5.41) is 9.04. The maximum Gasteiger partial charge on any atom is 0.323 e. The molecule has 0 aliphatic carbocycles. The van der Waals surface area contributed by atoms with E-state index in [9.17, 15) is 18.4 Å². The Balaban J connectivity index is 3.12. The molecule has 6 heteroatoms. The fourth-order valence-corrected chi connectivity index (χ4v) is 1.51. The van der Waals surface area contributed by atoms with Crippen LogP contribution in [0.2, 0.25) is 0 Å². The zero-order valence-electron chi connectivity index (χ0n) is 9.87. The first kappa shape index (κ1) is 14.1. The third-order valence-corrected chi connectivity index (χ3v) is 2.67. The first-order valence-electron chi connectivity index (χ1n) is 5.07. The maximum atomic E-state index is 13.4. The molecule has 0 heterocycles. The van der Waals surface area contributed by atoms with Crippen LogP contribution in [0.3, 0.4) is 0 Å². The van der Waals surface area contributed by atoms with E-state index in [1.54, 1.807) is 0 Å². The molecule has 1 rings (SSSR count). The standard InChI is InChI=1S/C12H12F2O4/c1-12(10(15)16,11(17)18-2)6-7-3-4-8(13)5-9(7)14/h3-5H,6H2,1-2H3,(H,15,16). The summed E-state index contributed by atoms with van der Waals surface area (Å²) in [6.07, 6.45) is -0.416. The Bertz CT molecular complexity index is 487. The first-order valence-corrected chi connectivity index (χ1v) is 5.07. The van der Waals surface area contributed by atoms with Crippen LogP contribution in [-0.2, 0) is 20.7 Å². The number of methoxy groups -OCH3 is 1. The van der Waals surface area contributed by atoms with Crippen molar-refractivity contribution in [2.24, 2.45) is 5.41 Å². The summed E-state index contributed by atoms with van der Waals surface area (Å²) < 4.78 is 30.5. The second-order valence-corrected chi connectivity index (χ2v) is 4.04. The van der Waals surface area contributed by atoms with E-state index in [0.29, 0.717) is 6.07 Å². The van der Waals surface area contributed by atoms with Gasteiger partial charge in [-0.3, -0.25) is 9.59 Å². The summed E-state index contributed by atoms with van der Waals surface area (Å²) in [7, 11) is 1.05. The van der Waals surface area contributed by atoms with Crippen LogP contribution in [0.15, 0.2) is 18.2 Å². The lowest BCUT2D eigenvalue weighted by molar-refractivity contribution is -0.165. The van der Waals surface area contributed by atoms with Gasteiger partial charge in [-0.15, -0.1) is 0 Å². The topological polar surface area (TPSA) is 63.6 Å². The molecule has 0 aromatic heterocycles. The summed E-state index contributed by atoms with van der Waals surface area (Å²) in [5.41, 5.74) is -1.97. The number of hydrogen-bond acceptors (Lipinski definition) is 3. The zero-order chi connectivity index (χ0) is 13.9. The molecule has 0 aliphatic rings. The molecule has 0 spiro atoms. The highest BCUT2D eigenvalue weighted by Crippen LogP contribution is 2.26. The Morgan fingerprint density at radius 2 is 2.00 bits per heavy atom. The van der Waals surface area contributed by atoms with E-state index in [1.807, 2.05) is 0 Å². The van der Waals surface area contributed by atoms with Crippen LogP contribution in [0.4, 0.5) is 8.78 Å². The molecule has 4 nitrogen and oxygen atoms in total. The number of aliphatic carboxylic acids is 1. The number of benzene rings is 1. The van der Waals surface area contributed by atoms with E-state index >= 15 is 0 Å². The van der Waals surface area contributed by atoms with Gasteiger partial charge in [0.1, 0.15) is 11.6 Å². The van der Waals surface area contributed by atoms with Gasteiger partial charge < -0.3 is 9.84 Å². The number of halogens is 2. The van der Waals surface area contributed by atoms with Gasteiger partial charge in [-0.1, -0.05) is 6.07 Å². The third-order valence-electron chi connectivity index (χ3n) is 2.67. The third kappa shape index (κ3) is 2.64. The Kier molecular flexibility index (Phi) is 4.00. The fraction of sp³-hybridized carbons (Fsp3) is 0.333. The molecule has 18 heavy (non-hydrogen) atoms. The summed E-state index contributed by atoms with van der Waals surface area (Å²) in [6.45, 7) is 1.13. The number of rotatable bonds is 4. The average molecular weight is 258 g/mol. The van der Waals surface area contributed by atoms with Gasteiger partial charge in [-0.2, -0.15) is 0 Å². The molecule has 0 aliphatic heterocycles. The second kappa shape index (κ2) is 5.12. The van der Waals surface area contributed by atoms with E-state index in [-0.39, 0.29) is 5.56 Å². The number of carboxylic acids is 1. The van der Waals surface area contributed by atoms with Crippen molar-refractivity contribution in [3.63, 3.8) is 0 Å². The van der Waals surface area contributed by atoms with Crippen LogP contribution in [0, 0.1) is 17.0 Å². The van der Waals surface area contributed by atoms with Crippen LogP contribution in [0.5, 0.6) is 0 Å². The Morgan fingerprint density at radius 3 is 2.44 bits per heavy atom. The van der Waals surface area contributed by atoms with Crippen molar-refractivity contribution >= 4 is 11.9 Å². The highest BCUT2D eigenvalue weighted by atomic mass is 19.1. The predicted molar refractivity (Wildman–Crippen MR) is 57.8 cm³/mol. The van der Waals surface area contributed by atoms with Crippen molar-refractivity contribution < 1.29 is 28.2 Å². The highest BCUT2D eigenvalue weighted by molar-refractivity contribution is 5.98. The van der Waals surface area contributed by atoms with E-state index in [1.165, 1.54) is 0 Å². The maximum absolute atomic E-state index is 13.4. The minimum absolute atomic E-state index is 0.0632. The van der Waals surface area contributed by atoms with Crippen LogP contribution < -0.4 is 0 Å². The Hall–Kier alpha value is -1.98. The number of esters is 1. The largest absolute Gasteiger partial charge is 0.480 e. The van der Waals surface area contributed by atoms with Crippen molar-refractivity contribution in [3.05, 3.63) is 35.4 Å². The minimum Gasteiger partial charge on any atom is -0.480 e. The quantitative estimate of drug-likeness (QED) is 0.660. The SMILES string of the molecule is COC(=O)C(C)(Cc1ccc(F)cc1F)C(=O)O. The minimum atomic E-state index is -1.91. The lowest BCUT2D eigenvalue weighted by atomic mass is 9.83. The van der Waals surface area contributed by atoms with Gasteiger partial charge in [-0.25, -0.2) is 8.78 Å². The number of carboxylic acid groups (broad SMARTS) is 1. The van der Waals surface area contributed by atoms with Crippen LogP contribution in [0.1, 0.15) is 12.5 Å². The highest BCUT2D eigenvalue weighted by Gasteiger charge is 2.43. The molecule has 0 saturated carbocycles. The monoisotopic (exact) mass is 258 g/mol. The summed E-state index contributed by atoms with van der Waals surface area (Å²) in [5.74, 6) is -4.09. The summed E-state index contributed by atoms with van der Waals surface area (Å²) in [6, 6.07) is 2.74.